The number of ether oxygens (including phenoxy) is 4. The number of nitrogens with one attached hydrogen (secondary N) is 2. The van der Waals surface area contributed by atoms with Crippen LogP contribution in [0.1, 0.15) is 112 Å². The van der Waals surface area contributed by atoms with Gasteiger partial charge in [0.25, 0.3) is 0 Å². The molecule has 24 nitrogen and oxygen atoms in total. The van der Waals surface area contributed by atoms with E-state index in [-0.39, 0.29) is 122 Å². The zero-order valence-electron chi connectivity index (χ0n) is 65.3. The minimum atomic E-state index is -0.753. The number of amides is 2. The summed E-state index contributed by atoms with van der Waals surface area (Å²) in [5.41, 5.74) is 9.22. The van der Waals surface area contributed by atoms with Crippen molar-refractivity contribution >= 4 is 59.5 Å². The average molecular weight is 1600 g/mol. The van der Waals surface area contributed by atoms with Gasteiger partial charge >= 0.3 is 0 Å². The lowest BCUT2D eigenvalue weighted by molar-refractivity contribution is -0.117. The number of phenolic OH excluding ortho intramolecular Hbond substituents is 11. The molecule has 0 heterocycles. The molecule has 2 atom stereocenters. The third-order valence-electron chi connectivity index (χ3n) is 17.3. The van der Waals surface area contributed by atoms with Crippen molar-refractivity contribution in [1.29, 1.82) is 0 Å². The number of ketones is 3. The number of benzene rings is 10. The maximum atomic E-state index is 11.9. The minimum absolute atomic E-state index is 0.0154. The largest absolute Gasteiger partial charge is 0.508 e. The maximum Gasteiger partial charge on any atom is 0.244 e. The topological polar surface area (TPSA) is 409 Å². The number of methoxy groups -OCH3 is 4. The second-order valence-electron chi connectivity index (χ2n) is 26.2. The highest BCUT2D eigenvalue weighted by atomic mass is 16.5. The number of carbonyl (C=O) groups excluding carboxylic acids is 5. The molecule has 2 amide bonds. The molecule has 612 valence electrons. The molecule has 0 radical (unpaired) electrons. The molecule has 10 aromatic carbocycles. The molecular weight excluding hydrogens is 1500 g/mol. The van der Waals surface area contributed by atoms with E-state index in [1.807, 2.05) is 43.3 Å². The van der Waals surface area contributed by atoms with E-state index in [1.54, 1.807) is 146 Å². The van der Waals surface area contributed by atoms with Crippen LogP contribution in [0.25, 0.3) is 30.4 Å². The number of aliphatic hydroxyl groups is 2. The fourth-order valence-corrected chi connectivity index (χ4v) is 10.7. The second-order valence-corrected chi connectivity index (χ2v) is 26.2. The van der Waals surface area contributed by atoms with E-state index in [1.165, 1.54) is 119 Å². The monoisotopic (exact) mass is 1590 g/mol. The van der Waals surface area contributed by atoms with E-state index >= 15 is 0 Å². The number of hydrogen-bond donors (Lipinski definition) is 15. The van der Waals surface area contributed by atoms with E-state index < -0.39 is 12.2 Å². The summed E-state index contributed by atoms with van der Waals surface area (Å²) in [5, 5.41) is 129. The van der Waals surface area contributed by atoms with Crippen LogP contribution in [0.2, 0.25) is 0 Å². The summed E-state index contributed by atoms with van der Waals surface area (Å²) in [6.45, 7) is 2.96. The first-order valence-electron chi connectivity index (χ1n) is 36.9. The zero-order valence-corrected chi connectivity index (χ0v) is 65.3. The fraction of sp³-hybridized carbons (Fsp3) is 0.194. The van der Waals surface area contributed by atoms with Crippen molar-refractivity contribution in [2.24, 2.45) is 0 Å². The van der Waals surface area contributed by atoms with Gasteiger partial charge in [-0.1, -0.05) is 121 Å². The summed E-state index contributed by atoms with van der Waals surface area (Å²) in [5.74, 6) is 0.324. The van der Waals surface area contributed by atoms with Crippen molar-refractivity contribution in [2.75, 3.05) is 41.5 Å². The Kier molecular flexibility index (Phi) is 38.1. The number of aromatic hydroxyl groups is 11. The molecule has 24 heteroatoms. The van der Waals surface area contributed by atoms with E-state index in [0.717, 1.165) is 33.4 Å². The van der Waals surface area contributed by atoms with Crippen molar-refractivity contribution in [3.05, 3.63) is 298 Å². The van der Waals surface area contributed by atoms with E-state index in [2.05, 4.69) is 10.6 Å². The molecule has 10 rings (SSSR count). The highest BCUT2D eigenvalue weighted by Crippen LogP contribution is 2.39. The average Bonchev–Trinajstić information content (AvgIpc) is 0.842. The zero-order chi connectivity index (χ0) is 85.2. The van der Waals surface area contributed by atoms with Gasteiger partial charge in [-0.05, 0) is 241 Å². The molecule has 0 aliphatic heterocycles. The molecule has 0 aliphatic rings. The molecule has 0 fully saturated rings. The van der Waals surface area contributed by atoms with E-state index in [0.29, 0.717) is 86.0 Å². The fourth-order valence-electron chi connectivity index (χ4n) is 10.7. The third kappa shape index (κ3) is 33.9. The van der Waals surface area contributed by atoms with Crippen LogP contribution in [0.3, 0.4) is 0 Å². The SMILES string of the molecule is COc1cc(/C=C/C(=O)CCC(O)c2ccc(O)cc2)ccc1O.COc1cc(/C=C/C(=O)NCCc2ccc(O)cc2)cc(O)c1O.COc1cc(/C=C/C(=O)NCCc2ccc(O)cc2)cc(OC)c1O.Cc1ccc(/C=C/C(=O)CCC(O)c2ccc(O)cc2)cc1.O=C(/C=C/c1ccc(O)cc1)CCCc1ccc(O)c(O)c1. The van der Waals surface area contributed by atoms with Crippen LogP contribution in [0, 0.1) is 6.92 Å². The molecule has 0 aliphatic carbocycles. The smallest absolute Gasteiger partial charge is 0.244 e. The Labute approximate surface area is 678 Å². The van der Waals surface area contributed by atoms with Gasteiger partial charge < -0.3 is 96.0 Å². The first-order valence-corrected chi connectivity index (χ1v) is 36.9. The highest BCUT2D eigenvalue weighted by molar-refractivity contribution is 5.95. The standard InChI is InChI=1S/C19H21NO5.C19H20O5.C19H20O3.C18H19NO5.C18H18O4/c1-24-16-11-14(12-17(25-2)19(16)23)5-8-18(22)20-10-9-13-3-6-15(21)7-4-13;1-24-19-12-13(3-10-18(19)23)2-6-15(20)9-11-17(22)14-4-7-16(21)8-5-14;1-14-2-4-15(5-3-14)6-9-17(20)12-13-19(22)16-7-10-18(21)11-8-16;1-24-16-11-13(10-15(21)18(16)23)4-7-17(22)19-9-8-12-2-5-14(20)6-3-12;19-15(8-4-13-5-9-16(20)10-6-13)3-1-2-14-7-11-17(21)18(22)12-14/h3-8,11-12,21,23H,9-10H2,1-2H3,(H,20,22);2-8,10,12,17,21-23H,9,11H2,1H3;2-11,19,21-22H,12-13H2,1H3;2-7,10-11,20-21,23H,8-9H2,1H3,(H,19,22);4-12,20-22H,1-3H2/b8-5+;6-2+;9-6+;7-4+;8-4+. The summed E-state index contributed by atoms with van der Waals surface area (Å²) in [7, 11) is 5.71. The summed E-state index contributed by atoms with van der Waals surface area (Å²) in [4.78, 5) is 59.2. The Morgan fingerprint density at radius 3 is 1.09 bits per heavy atom. The quantitative estimate of drug-likeness (QED) is 0.0137. The van der Waals surface area contributed by atoms with Gasteiger partial charge in [0.05, 0.1) is 40.6 Å². The Balaban J connectivity index is 0.000000227. The van der Waals surface area contributed by atoms with Crippen LogP contribution in [0.4, 0.5) is 0 Å². The lowest BCUT2D eigenvalue weighted by Gasteiger charge is -2.09. The molecular formula is C93H98N2O22. The number of hydrogen-bond acceptors (Lipinski definition) is 22. The number of phenols is 11. The minimum Gasteiger partial charge on any atom is -0.508 e. The van der Waals surface area contributed by atoms with Crippen LogP contribution in [0.15, 0.2) is 237 Å². The summed E-state index contributed by atoms with van der Waals surface area (Å²) >= 11 is 0. The van der Waals surface area contributed by atoms with Gasteiger partial charge in [0.2, 0.25) is 23.3 Å². The lowest BCUT2D eigenvalue weighted by Crippen LogP contribution is -2.23. The molecule has 0 bridgehead atoms. The highest BCUT2D eigenvalue weighted by Gasteiger charge is 2.15. The molecule has 2 unspecified atom stereocenters. The van der Waals surface area contributed by atoms with E-state index in [9.17, 15) is 90.4 Å². The Bertz CT molecular complexity index is 4950. The summed E-state index contributed by atoms with van der Waals surface area (Å²) in [6.07, 6.45) is 18.3. The number of allylic oxidation sites excluding steroid dienone is 3. The van der Waals surface area contributed by atoms with Gasteiger partial charge in [-0.15, -0.1) is 0 Å². The number of aryl methyl sites for hydroxylation is 2. The van der Waals surface area contributed by atoms with Crippen LogP contribution in [0.5, 0.6) is 86.2 Å². The second kappa shape index (κ2) is 48.6. The summed E-state index contributed by atoms with van der Waals surface area (Å²) < 4.78 is 20.1. The Hall–Kier alpha value is -14.2. The molecule has 117 heavy (non-hydrogen) atoms. The predicted molar refractivity (Wildman–Crippen MR) is 449 cm³/mol. The van der Waals surface area contributed by atoms with Crippen molar-refractivity contribution < 1.29 is 109 Å². The van der Waals surface area contributed by atoms with Gasteiger partial charge in [0.15, 0.2) is 63.3 Å². The van der Waals surface area contributed by atoms with Crippen LogP contribution < -0.4 is 29.6 Å². The number of rotatable bonds is 32. The van der Waals surface area contributed by atoms with Gasteiger partial charge in [0.1, 0.15) is 28.7 Å². The summed E-state index contributed by atoms with van der Waals surface area (Å²) in [6, 6.07) is 56.3. The van der Waals surface area contributed by atoms with Gasteiger partial charge in [0, 0.05) is 44.5 Å². The van der Waals surface area contributed by atoms with Gasteiger partial charge in [-0.25, -0.2) is 0 Å². The van der Waals surface area contributed by atoms with Crippen molar-refractivity contribution in [2.45, 2.75) is 76.9 Å². The molecule has 0 spiro atoms. The first kappa shape index (κ1) is 91.6. The molecule has 15 N–H and O–H groups in total. The Morgan fingerprint density at radius 1 is 0.325 bits per heavy atom. The lowest BCUT2D eigenvalue weighted by atomic mass is 10.0. The van der Waals surface area contributed by atoms with Crippen molar-refractivity contribution in [3.8, 4) is 86.2 Å². The predicted octanol–water partition coefficient (Wildman–Crippen LogP) is 15.1. The molecule has 10 aromatic rings. The van der Waals surface area contributed by atoms with Crippen LogP contribution in [-0.4, -0.2) is 137 Å². The Morgan fingerprint density at radius 2 is 0.667 bits per heavy atom. The van der Waals surface area contributed by atoms with Crippen molar-refractivity contribution in [1.82, 2.24) is 10.6 Å². The molecule has 0 saturated carbocycles. The van der Waals surface area contributed by atoms with Crippen LogP contribution in [-0.2, 0) is 43.2 Å². The number of carbonyl (C=O) groups is 5. The number of aliphatic hydroxyl groups excluding tert-OH is 2. The van der Waals surface area contributed by atoms with Gasteiger partial charge in [-0.3, -0.25) is 24.0 Å². The first-order chi connectivity index (χ1) is 56.1. The maximum absolute atomic E-state index is 11.9. The molecule has 0 saturated heterocycles. The van der Waals surface area contributed by atoms with Crippen LogP contribution >= 0.6 is 0 Å². The van der Waals surface area contributed by atoms with E-state index in [4.69, 9.17) is 18.9 Å². The van der Waals surface area contributed by atoms with Crippen molar-refractivity contribution in [3.63, 3.8) is 0 Å². The molecule has 0 aromatic heterocycles. The third-order valence-corrected chi connectivity index (χ3v) is 17.3. The van der Waals surface area contributed by atoms with Gasteiger partial charge in [-0.2, -0.15) is 0 Å². The normalized spacial score (nSPS) is 11.4.